The molecule has 0 aromatic heterocycles. The Hall–Kier alpha value is -2.32. The van der Waals surface area contributed by atoms with E-state index in [0.29, 0.717) is 18.7 Å². The molecule has 0 radical (unpaired) electrons. The summed E-state index contributed by atoms with van der Waals surface area (Å²) in [6, 6.07) is 8.84. The largest absolute Gasteiger partial charge is 0.349 e. The molecule has 1 unspecified atom stereocenters. The van der Waals surface area contributed by atoms with Gasteiger partial charge in [-0.3, -0.25) is 4.79 Å². The Morgan fingerprint density at radius 2 is 1.72 bits per heavy atom. The summed E-state index contributed by atoms with van der Waals surface area (Å²) in [5.74, 6) is -1.73. The van der Waals surface area contributed by atoms with E-state index >= 15 is 0 Å². The van der Waals surface area contributed by atoms with Crippen LogP contribution in [0.15, 0.2) is 47.4 Å². The van der Waals surface area contributed by atoms with E-state index < -0.39 is 27.7 Å². The first-order valence-electron chi connectivity index (χ1n) is 9.61. The molecule has 1 heterocycles. The predicted octanol–water partition coefficient (Wildman–Crippen LogP) is 3.56. The fourth-order valence-electron chi connectivity index (χ4n) is 3.44. The van der Waals surface area contributed by atoms with Gasteiger partial charge in [-0.2, -0.15) is 4.31 Å². The van der Waals surface area contributed by atoms with E-state index in [4.69, 9.17) is 0 Å². The Balaban J connectivity index is 1.62. The van der Waals surface area contributed by atoms with Gasteiger partial charge in [0.05, 0.1) is 17.4 Å². The van der Waals surface area contributed by atoms with Crippen molar-refractivity contribution in [3.63, 3.8) is 0 Å². The quantitative estimate of drug-likeness (QED) is 0.774. The summed E-state index contributed by atoms with van der Waals surface area (Å²) in [6.07, 6.45) is 2.80. The molecule has 1 amide bonds. The van der Waals surface area contributed by atoms with Crippen molar-refractivity contribution in [2.75, 3.05) is 13.1 Å². The van der Waals surface area contributed by atoms with E-state index in [2.05, 4.69) is 5.32 Å². The van der Waals surface area contributed by atoms with Crippen molar-refractivity contribution in [3.05, 3.63) is 65.2 Å². The van der Waals surface area contributed by atoms with Gasteiger partial charge in [0, 0.05) is 24.7 Å². The molecule has 1 aliphatic heterocycles. The number of carbonyl (C=O) groups excluding carboxylic acids is 1. The first-order valence-corrected chi connectivity index (χ1v) is 11.0. The van der Waals surface area contributed by atoms with Crippen molar-refractivity contribution in [3.8, 4) is 0 Å². The zero-order valence-corrected chi connectivity index (χ0v) is 17.0. The topological polar surface area (TPSA) is 66.5 Å². The molecule has 1 aliphatic rings. The molecule has 5 nitrogen and oxygen atoms in total. The molecule has 0 bridgehead atoms. The highest BCUT2D eigenvalue weighted by Gasteiger charge is 2.25. The van der Waals surface area contributed by atoms with Gasteiger partial charge >= 0.3 is 0 Å². The molecule has 8 heteroatoms. The first kappa shape index (κ1) is 21.4. The van der Waals surface area contributed by atoms with Crippen LogP contribution in [0, 0.1) is 11.6 Å². The molecule has 1 N–H and O–H groups in total. The molecule has 0 spiro atoms. The number of nitrogens with one attached hydrogen (secondary N) is 1. The highest BCUT2D eigenvalue weighted by molar-refractivity contribution is 7.89. The second-order valence-electron chi connectivity index (χ2n) is 7.24. The number of nitrogens with zero attached hydrogens (tertiary/aromatic N) is 1. The molecule has 0 aliphatic carbocycles. The van der Waals surface area contributed by atoms with Gasteiger partial charge in [-0.05, 0) is 43.5 Å². The second kappa shape index (κ2) is 9.00. The average molecular weight is 422 g/mol. The minimum atomic E-state index is -3.51. The third-order valence-corrected chi connectivity index (χ3v) is 6.96. The fourth-order valence-corrected chi connectivity index (χ4v) is 4.96. The van der Waals surface area contributed by atoms with Crippen LogP contribution >= 0.6 is 0 Å². The highest BCUT2D eigenvalue weighted by atomic mass is 32.2. The van der Waals surface area contributed by atoms with Crippen LogP contribution in [0.1, 0.15) is 43.4 Å². The Kier molecular flexibility index (Phi) is 6.64. The molecule has 0 saturated carbocycles. The van der Waals surface area contributed by atoms with Crippen LogP contribution in [0.25, 0.3) is 0 Å². The number of hydrogen-bond acceptors (Lipinski definition) is 3. The molecule has 2 aromatic carbocycles. The highest BCUT2D eigenvalue weighted by Crippen LogP contribution is 2.21. The van der Waals surface area contributed by atoms with Gasteiger partial charge in [0.1, 0.15) is 11.6 Å². The number of benzene rings is 2. The standard InChI is InChI=1S/C21H24F2N2O3S/c1-15(19-10-7-17(22)14-20(19)23)24-21(26)13-16-5-8-18(9-6-16)29(27,28)25-11-3-2-4-12-25/h5-10,14-15H,2-4,11-13H2,1H3,(H,24,26). The van der Waals surface area contributed by atoms with Crippen LogP contribution in [-0.2, 0) is 21.2 Å². The third kappa shape index (κ3) is 5.19. The van der Waals surface area contributed by atoms with E-state index in [1.807, 2.05) is 0 Å². The van der Waals surface area contributed by atoms with Crippen molar-refractivity contribution < 1.29 is 22.0 Å². The number of piperidine rings is 1. The number of carbonyl (C=O) groups is 1. The van der Waals surface area contributed by atoms with Gasteiger partial charge in [0.25, 0.3) is 0 Å². The zero-order valence-electron chi connectivity index (χ0n) is 16.2. The van der Waals surface area contributed by atoms with Gasteiger partial charge in [-0.25, -0.2) is 17.2 Å². The second-order valence-corrected chi connectivity index (χ2v) is 9.18. The SMILES string of the molecule is CC(NC(=O)Cc1ccc(S(=O)(=O)N2CCCCC2)cc1)c1ccc(F)cc1F. The summed E-state index contributed by atoms with van der Waals surface area (Å²) >= 11 is 0. The van der Waals surface area contributed by atoms with E-state index in [0.717, 1.165) is 31.4 Å². The number of sulfonamides is 1. The van der Waals surface area contributed by atoms with Gasteiger partial charge in [0.2, 0.25) is 15.9 Å². The minimum absolute atomic E-state index is 0.0250. The van der Waals surface area contributed by atoms with Crippen LogP contribution < -0.4 is 5.32 Å². The van der Waals surface area contributed by atoms with Gasteiger partial charge in [-0.15, -0.1) is 0 Å². The Labute approximate surface area is 169 Å². The van der Waals surface area contributed by atoms with Crippen LogP contribution in [0.4, 0.5) is 8.78 Å². The molecule has 2 aromatic rings. The van der Waals surface area contributed by atoms with Crippen molar-refractivity contribution in [2.45, 2.75) is 43.5 Å². The molecule has 1 saturated heterocycles. The summed E-state index contributed by atoms with van der Waals surface area (Å²) in [5.41, 5.74) is 0.842. The van der Waals surface area contributed by atoms with Gasteiger partial charge in [0.15, 0.2) is 0 Å². The molecule has 29 heavy (non-hydrogen) atoms. The van der Waals surface area contributed by atoms with Gasteiger partial charge in [-0.1, -0.05) is 24.6 Å². The van der Waals surface area contributed by atoms with Crippen LogP contribution in [-0.4, -0.2) is 31.7 Å². The Morgan fingerprint density at radius 1 is 1.07 bits per heavy atom. The Bertz CT molecular complexity index is 972. The average Bonchev–Trinajstić information content (AvgIpc) is 2.69. The lowest BCUT2D eigenvalue weighted by atomic mass is 10.1. The molecule has 1 atom stereocenters. The number of hydrogen-bond donors (Lipinski definition) is 1. The Morgan fingerprint density at radius 3 is 2.34 bits per heavy atom. The van der Waals surface area contributed by atoms with Crippen molar-refractivity contribution >= 4 is 15.9 Å². The molecule has 156 valence electrons. The maximum Gasteiger partial charge on any atom is 0.243 e. The lowest BCUT2D eigenvalue weighted by Gasteiger charge is -2.25. The summed E-state index contributed by atoms with van der Waals surface area (Å²) in [4.78, 5) is 12.5. The molecule has 3 rings (SSSR count). The molecular formula is C21H24F2N2O3S. The van der Waals surface area contributed by atoms with Gasteiger partial charge < -0.3 is 5.32 Å². The number of halogens is 2. The maximum absolute atomic E-state index is 13.8. The van der Waals surface area contributed by atoms with Crippen molar-refractivity contribution in [1.29, 1.82) is 0 Å². The predicted molar refractivity (Wildman–Crippen MR) is 106 cm³/mol. The summed E-state index contributed by atoms with van der Waals surface area (Å²) < 4.78 is 53.7. The number of amides is 1. The van der Waals surface area contributed by atoms with E-state index in [1.165, 1.54) is 22.5 Å². The van der Waals surface area contributed by atoms with E-state index in [1.54, 1.807) is 19.1 Å². The maximum atomic E-state index is 13.8. The fraction of sp³-hybridized carbons (Fsp3) is 0.381. The normalized spacial score (nSPS) is 16.4. The third-order valence-electron chi connectivity index (χ3n) is 5.05. The van der Waals surface area contributed by atoms with Crippen LogP contribution in [0.3, 0.4) is 0 Å². The van der Waals surface area contributed by atoms with E-state index in [9.17, 15) is 22.0 Å². The summed E-state index contributed by atoms with van der Waals surface area (Å²) in [6.45, 7) is 2.68. The first-order chi connectivity index (χ1) is 13.8. The van der Waals surface area contributed by atoms with Crippen LogP contribution in [0.5, 0.6) is 0 Å². The lowest BCUT2D eigenvalue weighted by molar-refractivity contribution is -0.121. The monoisotopic (exact) mass is 422 g/mol. The molecule has 1 fully saturated rings. The minimum Gasteiger partial charge on any atom is -0.349 e. The van der Waals surface area contributed by atoms with Crippen molar-refractivity contribution in [1.82, 2.24) is 9.62 Å². The van der Waals surface area contributed by atoms with Crippen molar-refractivity contribution in [2.24, 2.45) is 0 Å². The zero-order chi connectivity index (χ0) is 21.0. The van der Waals surface area contributed by atoms with E-state index in [-0.39, 0.29) is 22.8 Å². The summed E-state index contributed by atoms with van der Waals surface area (Å²) in [7, 11) is -3.51. The number of rotatable bonds is 6. The smallest absolute Gasteiger partial charge is 0.243 e. The lowest BCUT2D eigenvalue weighted by Crippen LogP contribution is -2.35. The summed E-state index contributed by atoms with van der Waals surface area (Å²) in [5, 5.41) is 2.67. The molecular weight excluding hydrogens is 398 g/mol. The van der Waals surface area contributed by atoms with Crippen LogP contribution in [0.2, 0.25) is 0 Å².